The van der Waals surface area contributed by atoms with Gasteiger partial charge in [-0.3, -0.25) is 0 Å². The van der Waals surface area contributed by atoms with Gasteiger partial charge in [0.1, 0.15) is 5.82 Å². The lowest BCUT2D eigenvalue weighted by molar-refractivity contribution is -0.141. The van der Waals surface area contributed by atoms with Gasteiger partial charge < -0.3 is 14.9 Å². The molecule has 0 radical (unpaired) electrons. The van der Waals surface area contributed by atoms with Crippen LogP contribution >= 0.6 is 0 Å². The third kappa shape index (κ3) is 2.95. The van der Waals surface area contributed by atoms with Gasteiger partial charge in [-0.1, -0.05) is 0 Å². The van der Waals surface area contributed by atoms with E-state index >= 15 is 0 Å². The van der Waals surface area contributed by atoms with Gasteiger partial charge in [0.05, 0.1) is 12.6 Å². The minimum Gasteiger partial charge on any atom is -0.394 e. The van der Waals surface area contributed by atoms with E-state index in [1.807, 2.05) is 0 Å². The van der Waals surface area contributed by atoms with Crippen LogP contribution < -0.4 is 9.80 Å². The molecule has 2 rings (SSSR count). The summed E-state index contributed by atoms with van der Waals surface area (Å²) in [6.45, 7) is 0.441. The molecule has 0 saturated carbocycles. The molecule has 1 atom stereocenters. The van der Waals surface area contributed by atoms with Crippen molar-refractivity contribution in [3.8, 4) is 0 Å². The third-order valence-corrected chi connectivity index (χ3v) is 3.29. The van der Waals surface area contributed by atoms with Crippen LogP contribution in [0.5, 0.6) is 0 Å². The average Bonchev–Trinajstić information content (AvgIpc) is 2.85. The zero-order valence-corrected chi connectivity index (χ0v) is 11.4. The second-order valence-corrected chi connectivity index (χ2v) is 4.98. The van der Waals surface area contributed by atoms with E-state index in [2.05, 4.69) is 9.97 Å². The molecule has 20 heavy (non-hydrogen) atoms. The molecule has 1 aliphatic rings. The molecule has 0 aromatic carbocycles. The summed E-state index contributed by atoms with van der Waals surface area (Å²) >= 11 is 0. The topological polar surface area (TPSA) is 52.5 Å². The van der Waals surface area contributed by atoms with Gasteiger partial charge in [0.25, 0.3) is 0 Å². The fourth-order valence-corrected chi connectivity index (χ4v) is 2.21. The number of rotatable bonds is 3. The molecule has 0 spiro atoms. The maximum atomic E-state index is 12.9. The number of aromatic nitrogens is 2. The molecule has 0 aliphatic carbocycles. The molecule has 0 amide bonds. The first kappa shape index (κ1) is 14.8. The van der Waals surface area contributed by atoms with Crippen molar-refractivity contribution in [2.45, 2.75) is 25.1 Å². The molecule has 1 aromatic rings. The standard InChI is InChI=1S/C12H17F3N4O/c1-18(2)10-6-9(12(13,14)15)16-11(17-10)19-5-3-4-8(19)7-20/h6,8,20H,3-5,7H2,1-2H3/t8-/m1/s1. The zero-order chi connectivity index (χ0) is 14.9. The normalized spacial score (nSPS) is 19.5. The van der Waals surface area contributed by atoms with Crippen molar-refractivity contribution in [2.75, 3.05) is 37.0 Å². The molecular weight excluding hydrogens is 273 g/mol. The first-order chi connectivity index (χ1) is 9.32. The lowest BCUT2D eigenvalue weighted by Crippen LogP contribution is -2.34. The van der Waals surface area contributed by atoms with Crippen LogP contribution in [0.1, 0.15) is 18.5 Å². The summed E-state index contributed by atoms with van der Waals surface area (Å²) in [7, 11) is 3.25. The highest BCUT2D eigenvalue weighted by Gasteiger charge is 2.35. The Morgan fingerprint density at radius 3 is 2.65 bits per heavy atom. The van der Waals surface area contributed by atoms with Gasteiger partial charge in [-0.05, 0) is 12.8 Å². The van der Waals surface area contributed by atoms with Crippen molar-refractivity contribution in [3.63, 3.8) is 0 Å². The van der Waals surface area contributed by atoms with Crippen molar-refractivity contribution in [3.05, 3.63) is 11.8 Å². The summed E-state index contributed by atoms with van der Waals surface area (Å²) in [6.07, 6.45) is -2.98. The Balaban J connectivity index is 2.44. The number of aliphatic hydroxyl groups excluding tert-OH is 1. The van der Waals surface area contributed by atoms with Crippen LogP contribution in [-0.2, 0) is 6.18 Å². The number of nitrogens with zero attached hydrogens (tertiary/aromatic N) is 4. The molecular formula is C12H17F3N4O. The molecule has 112 valence electrons. The highest BCUT2D eigenvalue weighted by molar-refractivity contribution is 5.46. The molecule has 5 nitrogen and oxygen atoms in total. The summed E-state index contributed by atoms with van der Waals surface area (Å²) in [4.78, 5) is 10.9. The number of alkyl halides is 3. The van der Waals surface area contributed by atoms with Crippen LogP contribution in [-0.4, -0.2) is 48.4 Å². The maximum Gasteiger partial charge on any atom is 0.433 e. The molecule has 1 N–H and O–H groups in total. The largest absolute Gasteiger partial charge is 0.433 e. The second kappa shape index (κ2) is 5.43. The quantitative estimate of drug-likeness (QED) is 0.915. The molecule has 0 unspecified atom stereocenters. The van der Waals surface area contributed by atoms with Gasteiger partial charge in [0.2, 0.25) is 5.95 Å². The van der Waals surface area contributed by atoms with Gasteiger partial charge in [0, 0.05) is 26.7 Å². The zero-order valence-electron chi connectivity index (χ0n) is 11.4. The van der Waals surface area contributed by atoms with Crippen LogP contribution in [0.25, 0.3) is 0 Å². The number of hydrogen-bond acceptors (Lipinski definition) is 5. The van der Waals surface area contributed by atoms with E-state index in [9.17, 15) is 18.3 Å². The van der Waals surface area contributed by atoms with Crippen molar-refractivity contribution < 1.29 is 18.3 Å². The SMILES string of the molecule is CN(C)c1cc(C(F)(F)F)nc(N2CCC[C@@H]2CO)n1. The van der Waals surface area contributed by atoms with Crippen LogP contribution in [0.4, 0.5) is 24.9 Å². The average molecular weight is 290 g/mol. The van der Waals surface area contributed by atoms with E-state index in [1.54, 1.807) is 19.0 Å². The fourth-order valence-electron chi connectivity index (χ4n) is 2.21. The molecule has 8 heteroatoms. The van der Waals surface area contributed by atoms with Gasteiger partial charge in [-0.15, -0.1) is 0 Å². The second-order valence-electron chi connectivity index (χ2n) is 4.98. The van der Waals surface area contributed by atoms with Crippen molar-refractivity contribution in [1.82, 2.24) is 9.97 Å². The summed E-state index contributed by atoms with van der Waals surface area (Å²) in [5.74, 6) is 0.228. The predicted molar refractivity (Wildman–Crippen MR) is 68.8 cm³/mol. The molecule has 2 heterocycles. The van der Waals surface area contributed by atoms with Gasteiger partial charge in [0.15, 0.2) is 5.69 Å². The summed E-state index contributed by atoms with van der Waals surface area (Å²) in [5.41, 5.74) is -0.963. The first-order valence-electron chi connectivity index (χ1n) is 6.34. The van der Waals surface area contributed by atoms with Crippen molar-refractivity contribution >= 4 is 11.8 Å². The number of hydrogen-bond donors (Lipinski definition) is 1. The number of anilines is 2. The molecule has 1 fully saturated rings. The van der Waals surface area contributed by atoms with Crippen molar-refractivity contribution in [1.29, 1.82) is 0 Å². The Hall–Kier alpha value is -1.57. The van der Waals surface area contributed by atoms with E-state index in [0.29, 0.717) is 6.54 Å². The lowest BCUT2D eigenvalue weighted by Gasteiger charge is -2.25. The van der Waals surface area contributed by atoms with Crippen LogP contribution in [0.3, 0.4) is 0 Å². The molecule has 1 aromatic heterocycles. The Kier molecular flexibility index (Phi) is 4.03. The van der Waals surface area contributed by atoms with Gasteiger partial charge in [-0.25, -0.2) is 4.98 Å². The Labute approximate surface area is 115 Å². The minimum atomic E-state index is -4.52. The van der Waals surface area contributed by atoms with E-state index in [0.717, 1.165) is 18.9 Å². The summed E-state index contributed by atoms with van der Waals surface area (Å²) in [5, 5.41) is 9.28. The molecule has 1 aliphatic heterocycles. The molecule has 1 saturated heterocycles. The van der Waals surface area contributed by atoms with Crippen LogP contribution in [0.15, 0.2) is 6.07 Å². The minimum absolute atomic E-state index is 0.0278. The lowest BCUT2D eigenvalue weighted by atomic mass is 10.2. The number of aliphatic hydroxyl groups is 1. The van der Waals surface area contributed by atoms with Crippen molar-refractivity contribution in [2.24, 2.45) is 0 Å². The predicted octanol–water partition coefficient (Wildman–Crippen LogP) is 1.52. The van der Waals surface area contributed by atoms with Gasteiger partial charge in [-0.2, -0.15) is 18.2 Å². The Morgan fingerprint density at radius 2 is 2.10 bits per heavy atom. The van der Waals surface area contributed by atoms with E-state index in [4.69, 9.17) is 0 Å². The number of halogens is 3. The monoisotopic (exact) mass is 290 g/mol. The van der Waals surface area contributed by atoms with E-state index in [1.165, 1.54) is 4.90 Å². The van der Waals surface area contributed by atoms with Crippen LogP contribution in [0.2, 0.25) is 0 Å². The van der Waals surface area contributed by atoms with Crippen LogP contribution in [0, 0.1) is 0 Å². The molecule has 0 bridgehead atoms. The van der Waals surface area contributed by atoms with Gasteiger partial charge >= 0.3 is 6.18 Å². The Bertz CT molecular complexity index is 478. The fraction of sp³-hybridized carbons (Fsp3) is 0.667. The third-order valence-electron chi connectivity index (χ3n) is 3.29. The van der Waals surface area contributed by atoms with E-state index in [-0.39, 0.29) is 24.4 Å². The maximum absolute atomic E-state index is 12.9. The highest BCUT2D eigenvalue weighted by Crippen LogP contribution is 2.32. The Morgan fingerprint density at radius 1 is 1.40 bits per heavy atom. The summed E-state index contributed by atoms with van der Waals surface area (Å²) < 4.78 is 38.7. The first-order valence-corrected chi connectivity index (χ1v) is 6.34. The summed E-state index contributed by atoms with van der Waals surface area (Å²) in [6, 6.07) is 0.710. The highest BCUT2D eigenvalue weighted by atomic mass is 19.4. The van der Waals surface area contributed by atoms with E-state index < -0.39 is 11.9 Å². The smallest absolute Gasteiger partial charge is 0.394 e.